The lowest BCUT2D eigenvalue weighted by atomic mass is 10.2. The van der Waals surface area contributed by atoms with E-state index in [1.165, 1.54) is 12.8 Å². The Morgan fingerprint density at radius 1 is 1.54 bits per heavy atom. The number of ether oxygens (including phenoxy) is 1. The van der Waals surface area contributed by atoms with Gasteiger partial charge < -0.3 is 4.74 Å². The molecule has 1 aliphatic rings. The molecule has 0 spiro atoms. The molecule has 1 unspecified atom stereocenters. The number of hydrogen-bond donors (Lipinski definition) is 2. The van der Waals surface area contributed by atoms with Crippen molar-refractivity contribution in [3.05, 3.63) is 0 Å². The minimum absolute atomic E-state index is 0.0201. The van der Waals surface area contributed by atoms with Gasteiger partial charge in [-0.15, -0.1) is 0 Å². The van der Waals surface area contributed by atoms with Gasteiger partial charge in [0.2, 0.25) is 5.91 Å². The van der Waals surface area contributed by atoms with Gasteiger partial charge >= 0.3 is 0 Å². The van der Waals surface area contributed by atoms with Crippen molar-refractivity contribution in [2.75, 3.05) is 13.2 Å². The highest BCUT2D eigenvalue weighted by Gasteiger charge is 2.18. The topological polar surface area (TPSA) is 50.4 Å². The quantitative estimate of drug-likeness (QED) is 0.618. The van der Waals surface area contributed by atoms with E-state index in [0.717, 1.165) is 19.6 Å². The summed E-state index contributed by atoms with van der Waals surface area (Å²) in [6.07, 6.45) is 4.04. The average molecular weight is 186 g/mol. The van der Waals surface area contributed by atoms with Crippen molar-refractivity contribution in [2.24, 2.45) is 0 Å². The molecule has 0 radical (unpaired) electrons. The molecule has 4 nitrogen and oxygen atoms in total. The number of rotatable bonds is 5. The largest absolute Gasteiger partial charge is 0.376 e. The smallest absolute Gasteiger partial charge is 0.236 e. The number of amides is 1. The molecule has 1 heterocycles. The number of hydrogen-bond acceptors (Lipinski definition) is 3. The molecular formula is C9H18N2O2. The van der Waals surface area contributed by atoms with Crippen molar-refractivity contribution in [3.63, 3.8) is 0 Å². The van der Waals surface area contributed by atoms with E-state index in [1.807, 2.05) is 0 Å². The molecule has 1 aliphatic heterocycles. The van der Waals surface area contributed by atoms with E-state index in [2.05, 4.69) is 17.8 Å². The summed E-state index contributed by atoms with van der Waals surface area (Å²) in [6, 6.07) is 0. The molecular weight excluding hydrogens is 168 g/mol. The maximum Gasteiger partial charge on any atom is 0.236 e. The zero-order chi connectivity index (χ0) is 9.52. The van der Waals surface area contributed by atoms with E-state index in [0.29, 0.717) is 6.42 Å². The lowest BCUT2D eigenvalue weighted by Crippen LogP contribution is -2.50. The molecule has 1 fully saturated rings. The van der Waals surface area contributed by atoms with Crippen LogP contribution < -0.4 is 10.9 Å². The van der Waals surface area contributed by atoms with Crippen molar-refractivity contribution >= 4 is 5.91 Å². The van der Waals surface area contributed by atoms with Gasteiger partial charge in [-0.05, 0) is 6.42 Å². The summed E-state index contributed by atoms with van der Waals surface area (Å²) in [7, 11) is 0. The number of unbranched alkanes of at least 4 members (excludes halogenated alkanes) is 2. The lowest BCUT2D eigenvalue weighted by molar-refractivity contribution is -0.127. The predicted octanol–water partition coefficient (Wildman–Crippen LogP) is 0.586. The fourth-order valence-corrected chi connectivity index (χ4v) is 1.31. The summed E-state index contributed by atoms with van der Waals surface area (Å²) >= 11 is 0. The summed E-state index contributed by atoms with van der Waals surface area (Å²) < 4.78 is 5.53. The maximum absolute atomic E-state index is 10.9. The number of carbonyl (C=O) groups is 1. The molecule has 0 aliphatic carbocycles. The van der Waals surface area contributed by atoms with Crippen LogP contribution in [0.15, 0.2) is 0 Å². The summed E-state index contributed by atoms with van der Waals surface area (Å²) in [4.78, 5) is 10.9. The zero-order valence-corrected chi connectivity index (χ0v) is 8.14. The molecule has 1 amide bonds. The monoisotopic (exact) mass is 186 g/mol. The van der Waals surface area contributed by atoms with Crippen LogP contribution in [0.3, 0.4) is 0 Å². The second-order valence-electron chi connectivity index (χ2n) is 3.33. The molecule has 0 aromatic heterocycles. The van der Waals surface area contributed by atoms with Crippen LogP contribution in [0.2, 0.25) is 0 Å². The van der Waals surface area contributed by atoms with Crippen LogP contribution in [0.4, 0.5) is 0 Å². The van der Waals surface area contributed by atoms with Gasteiger partial charge in [-0.3, -0.25) is 10.2 Å². The predicted molar refractivity (Wildman–Crippen MR) is 50.0 cm³/mol. The third-order valence-electron chi connectivity index (χ3n) is 2.07. The highest BCUT2D eigenvalue weighted by molar-refractivity contribution is 5.76. The van der Waals surface area contributed by atoms with Crippen LogP contribution >= 0.6 is 0 Å². The van der Waals surface area contributed by atoms with Crippen LogP contribution in [0.1, 0.15) is 32.6 Å². The first kappa shape index (κ1) is 10.5. The maximum atomic E-state index is 10.9. The van der Waals surface area contributed by atoms with E-state index in [-0.39, 0.29) is 12.0 Å². The number of hydrazine groups is 1. The van der Waals surface area contributed by atoms with Gasteiger partial charge in [0, 0.05) is 13.2 Å². The van der Waals surface area contributed by atoms with E-state index in [1.54, 1.807) is 0 Å². The highest BCUT2D eigenvalue weighted by atomic mass is 16.5. The Morgan fingerprint density at radius 2 is 2.38 bits per heavy atom. The average Bonchev–Trinajstić information content (AvgIpc) is 2.13. The highest BCUT2D eigenvalue weighted by Crippen LogP contribution is 2.03. The summed E-state index contributed by atoms with van der Waals surface area (Å²) in [6.45, 7) is 3.65. The van der Waals surface area contributed by atoms with Crippen LogP contribution in [-0.4, -0.2) is 25.2 Å². The van der Waals surface area contributed by atoms with Crippen LogP contribution in [0.25, 0.3) is 0 Å². The van der Waals surface area contributed by atoms with Crippen LogP contribution in [0, 0.1) is 0 Å². The number of carbonyl (C=O) groups excluding carboxylic acids is 1. The first-order chi connectivity index (χ1) is 6.33. The van der Waals surface area contributed by atoms with Crippen LogP contribution in [-0.2, 0) is 9.53 Å². The Labute approximate surface area is 79.0 Å². The Balaban J connectivity index is 2.03. The fraction of sp³-hybridized carbons (Fsp3) is 0.889. The Morgan fingerprint density at radius 3 is 3.08 bits per heavy atom. The molecule has 76 valence electrons. The van der Waals surface area contributed by atoms with Gasteiger partial charge in [0.1, 0.15) is 0 Å². The third kappa shape index (κ3) is 4.24. The van der Waals surface area contributed by atoms with Gasteiger partial charge in [0.05, 0.1) is 12.5 Å². The van der Waals surface area contributed by atoms with Gasteiger partial charge in [-0.1, -0.05) is 19.8 Å². The Kier molecular flexibility index (Phi) is 4.78. The van der Waals surface area contributed by atoms with Crippen LogP contribution in [0.5, 0.6) is 0 Å². The lowest BCUT2D eigenvalue weighted by Gasteiger charge is -2.23. The minimum Gasteiger partial charge on any atom is -0.376 e. The Hall–Kier alpha value is -0.610. The molecule has 1 saturated heterocycles. The fourth-order valence-electron chi connectivity index (χ4n) is 1.31. The second kappa shape index (κ2) is 5.94. The zero-order valence-electron chi connectivity index (χ0n) is 8.14. The van der Waals surface area contributed by atoms with Crippen molar-refractivity contribution in [1.82, 2.24) is 10.9 Å². The summed E-state index contributed by atoms with van der Waals surface area (Å²) in [5.74, 6) is 0.0201. The van der Waals surface area contributed by atoms with Gasteiger partial charge in [0.15, 0.2) is 0 Å². The first-order valence-electron chi connectivity index (χ1n) is 4.96. The van der Waals surface area contributed by atoms with E-state index >= 15 is 0 Å². The van der Waals surface area contributed by atoms with Crippen molar-refractivity contribution < 1.29 is 9.53 Å². The van der Waals surface area contributed by atoms with Gasteiger partial charge in [-0.25, -0.2) is 5.43 Å². The molecule has 1 atom stereocenters. The molecule has 0 saturated carbocycles. The third-order valence-corrected chi connectivity index (χ3v) is 2.07. The standard InChI is InChI=1S/C9H18N2O2/c1-2-3-4-5-13-8-6-9(12)11-10-7-8/h8,10H,2-7H2,1H3,(H,11,12). The summed E-state index contributed by atoms with van der Waals surface area (Å²) in [5.41, 5.74) is 5.35. The molecule has 2 N–H and O–H groups in total. The second-order valence-corrected chi connectivity index (χ2v) is 3.33. The molecule has 0 aromatic rings. The normalized spacial score (nSPS) is 22.8. The van der Waals surface area contributed by atoms with Gasteiger partial charge in [-0.2, -0.15) is 0 Å². The van der Waals surface area contributed by atoms with E-state index in [4.69, 9.17) is 4.74 Å². The molecule has 0 aromatic carbocycles. The van der Waals surface area contributed by atoms with Gasteiger partial charge in [0.25, 0.3) is 0 Å². The SMILES string of the molecule is CCCCCOC1CNNC(=O)C1. The van der Waals surface area contributed by atoms with E-state index in [9.17, 15) is 4.79 Å². The van der Waals surface area contributed by atoms with E-state index < -0.39 is 0 Å². The number of nitrogens with one attached hydrogen (secondary N) is 2. The summed E-state index contributed by atoms with van der Waals surface area (Å²) in [5, 5.41) is 0. The minimum atomic E-state index is 0.0201. The van der Waals surface area contributed by atoms with Crippen molar-refractivity contribution in [2.45, 2.75) is 38.7 Å². The molecule has 13 heavy (non-hydrogen) atoms. The van der Waals surface area contributed by atoms with Crippen molar-refractivity contribution in [1.29, 1.82) is 0 Å². The molecule has 1 rings (SSSR count). The van der Waals surface area contributed by atoms with Crippen molar-refractivity contribution in [3.8, 4) is 0 Å². The molecule has 4 heteroatoms. The Bertz CT molecular complexity index is 162. The molecule has 0 bridgehead atoms. The first-order valence-corrected chi connectivity index (χ1v) is 4.96.